The van der Waals surface area contributed by atoms with Crippen molar-refractivity contribution < 1.29 is 9.53 Å². The first-order valence-electron chi connectivity index (χ1n) is 7.17. The quantitative estimate of drug-likeness (QED) is 0.661. The molecule has 0 saturated heterocycles. The first-order valence-corrected chi connectivity index (χ1v) is 7.17. The average molecular weight is 256 g/mol. The average Bonchev–Trinajstić information content (AvgIpc) is 2.31. The van der Waals surface area contributed by atoms with Crippen molar-refractivity contribution in [3.63, 3.8) is 0 Å². The van der Waals surface area contributed by atoms with Gasteiger partial charge < -0.3 is 15.8 Å². The second-order valence-electron chi connectivity index (χ2n) is 5.45. The van der Waals surface area contributed by atoms with Crippen molar-refractivity contribution in [2.45, 2.75) is 57.5 Å². The van der Waals surface area contributed by atoms with E-state index in [1.54, 1.807) is 7.11 Å². The topological polar surface area (TPSA) is 64.3 Å². The maximum Gasteiger partial charge on any atom is 0.222 e. The Morgan fingerprint density at radius 1 is 1.44 bits per heavy atom. The zero-order valence-corrected chi connectivity index (χ0v) is 11.8. The third-order valence-electron chi connectivity index (χ3n) is 4.04. The molecule has 0 aromatic carbocycles. The van der Waals surface area contributed by atoms with Gasteiger partial charge in [0.15, 0.2) is 0 Å². The van der Waals surface area contributed by atoms with Gasteiger partial charge in [0, 0.05) is 13.7 Å². The zero-order valence-electron chi connectivity index (χ0n) is 11.8. The van der Waals surface area contributed by atoms with Gasteiger partial charge in [0.1, 0.15) is 0 Å². The summed E-state index contributed by atoms with van der Waals surface area (Å²) in [4.78, 5) is 11.9. The highest BCUT2D eigenvalue weighted by atomic mass is 16.5. The molecule has 3 N–H and O–H groups in total. The Morgan fingerprint density at radius 3 is 2.61 bits per heavy atom. The molecule has 0 bridgehead atoms. The van der Waals surface area contributed by atoms with E-state index in [2.05, 4.69) is 12.2 Å². The van der Waals surface area contributed by atoms with Crippen LogP contribution in [0.25, 0.3) is 0 Å². The zero-order chi connectivity index (χ0) is 13.4. The summed E-state index contributed by atoms with van der Waals surface area (Å²) in [5, 5.41) is 3.04. The van der Waals surface area contributed by atoms with Gasteiger partial charge in [-0.25, -0.2) is 0 Å². The monoisotopic (exact) mass is 256 g/mol. The van der Waals surface area contributed by atoms with Crippen LogP contribution < -0.4 is 11.1 Å². The minimum absolute atomic E-state index is 0.120. The van der Waals surface area contributed by atoms with Gasteiger partial charge in [0.05, 0.1) is 12.0 Å². The van der Waals surface area contributed by atoms with Crippen LogP contribution in [0.4, 0.5) is 0 Å². The summed E-state index contributed by atoms with van der Waals surface area (Å²) >= 11 is 0. The van der Waals surface area contributed by atoms with E-state index in [0.717, 1.165) is 38.6 Å². The smallest absolute Gasteiger partial charge is 0.222 e. The Balaban J connectivity index is 2.26. The standard InChI is InChI=1S/C14H28N2O2/c1-3-5-12(6-9-15)11-16-13(17)10-14(18-2)7-4-8-14/h12H,3-11,15H2,1-2H3,(H,16,17). The molecule has 1 atom stereocenters. The molecule has 1 amide bonds. The lowest BCUT2D eigenvalue weighted by atomic mass is 9.77. The van der Waals surface area contributed by atoms with Crippen LogP contribution in [-0.4, -0.2) is 31.7 Å². The lowest BCUT2D eigenvalue weighted by molar-refractivity contribution is -0.134. The first kappa shape index (κ1) is 15.4. The van der Waals surface area contributed by atoms with E-state index < -0.39 is 0 Å². The highest BCUT2D eigenvalue weighted by Gasteiger charge is 2.38. The fourth-order valence-electron chi connectivity index (χ4n) is 2.63. The fourth-order valence-corrected chi connectivity index (χ4v) is 2.63. The molecule has 1 aliphatic rings. The third kappa shape index (κ3) is 4.58. The number of rotatable bonds is 9. The summed E-state index contributed by atoms with van der Waals surface area (Å²) in [6.45, 7) is 3.62. The van der Waals surface area contributed by atoms with Crippen molar-refractivity contribution in [2.75, 3.05) is 20.2 Å². The highest BCUT2D eigenvalue weighted by molar-refractivity contribution is 5.77. The summed E-state index contributed by atoms with van der Waals surface area (Å²) in [6.07, 6.45) is 6.97. The normalized spacial score (nSPS) is 19.1. The van der Waals surface area contributed by atoms with E-state index >= 15 is 0 Å². The van der Waals surface area contributed by atoms with Gasteiger partial charge in [0.25, 0.3) is 0 Å². The van der Waals surface area contributed by atoms with Gasteiger partial charge in [-0.05, 0) is 44.6 Å². The maximum atomic E-state index is 11.9. The molecule has 4 nitrogen and oxygen atoms in total. The van der Waals surface area contributed by atoms with E-state index in [4.69, 9.17) is 10.5 Å². The largest absolute Gasteiger partial charge is 0.378 e. The van der Waals surface area contributed by atoms with Crippen LogP contribution in [0.3, 0.4) is 0 Å². The Morgan fingerprint density at radius 2 is 2.17 bits per heavy atom. The minimum Gasteiger partial charge on any atom is -0.378 e. The molecule has 1 unspecified atom stereocenters. The number of nitrogens with two attached hydrogens (primary N) is 1. The van der Waals surface area contributed by atoms with Crippen molar-refractivity contribution in [1.82, 2.24) is 5.32 Å². The molecule has 106 valence electrons. The van der Waals surface area contributed by atoms with Gasteiger partial charge in [-0.3, -0.25) is 4.79 Å². The van der Waals surface area contributed by atoms with Gasteiger partial charge in [-0.2, -0.15) is 0 Å². The second-order valence-corrected chi connectivity index (χ2v) is 5.45. The fraction of sp³-hybridized carbons (Fsp3) is 0.929. The van der Waals surface area contributed by atoms with Crippen LogP contribution >= 0.6 is 0 Å². The lowest BCUT2D eigenvalue weighted by Crippen LogP contribution is -2.44. The molecule has 0 aromatic heterocycles. The number of hydrogen-bond donors (Lipinski definition) is 2. The summed E-state index contributed by atoms with van der Waals surface area (Å²) in [5.41, 5.74) is 5.42. The number of ether oxygens (including phenoxy) is 1. The van der Waals surface area contributed by atoms with Crippen molar-refractivity contribution in [3.05, 3.63) is 0 Å². The second kappa shape index (κ2) is 7.74. The summed E-state index contributed by atoms with van der Waals surface area (Å²) in [5.74, 6) is 0.638. The Labute approximate surface area is 111 Å². The van der Waals surface area contributed by atoms with E-state index in [-0.39, 0.29) is 11.5 Å². The number of methoxy groups -OCH3 is 1. The molecule has 1 rings (SSSR count). The predicted octanol–water partition coefficient (Wildman–Crippen LogP) is 1.83. The van der Waals surface area contributed by atoms with E-state index in [0.29, 0.717) is 18.9 Å². The molecule has 1 fully saturated rings. The number of amides is 1. The van der Waals surface area contributed by atoms with E-state index in [1.165, 1.54) is 6.42 Å². The van der Waals surface area contributed by atoms with Gasteiger partial charge in [-0.1, -0.05) is 13.3 Å². The Bertz CT molecular complexity index is 241. The molecule has 18 heavy (non-hydrogen) atoms. The molecule has 0 aromatic rings. The summed E-state index contributed by atoms with van der Waals surface area (Å²) < 4.78 is 5.47. The van der Waals surface area contributed by atoms with E-state index in [9.17, 15) is 4.79 Å². The molecule has 0 radical (unpaired) electrons. The van der Waals surface area contributed by atoms with Gasteiger partial charge >= 0.3 is 0 Å². The number of hydrogen-bond acceptors (Lipinski definition) is 3. The van der Waals surface area contributed by atoms with Crippen LogP contribution in [0.2, 0.25) is 0 Å². The minimum atomic E-state index is -0.168. The number of nitrogens with one attached hydrogen (secondary N) is 1. The lowest BCUT2D eigenvalue weighted by Gasteiger charge is -2.40. The van der Waals surface area contributed by atoms with Crippen molar-refractivity contribution >= 4 is 5.91 Å². The van der Waals surface area contributed by atoms with E-state index in [1.807, 2.05) is 0 Å². The van der Waals surface area contributed by atoms with Crippen molar-refractivity contribution in [1.29, 1.82) is 0 Å². The molecule has 0 heterocycles. The molecular formula is C14H28N2O2. The molecule has 0 spiro atoms. The van der Waals surface area contributed by atoms with Gasteiger partial charge in [0.2, 0.25) is 5.91 Å². The summed E-state index contributed by atoms with van der Waals surface area (Å²) in [7, 11) is 1.71. The van der Waals surface area contributed by atoms with Crippen LogP contribution in [0, 0.1) is 5.92 Å². The SMILES string of the molecule is CCCC(CCN)CNC(=O)CC1(OC)CCC1. The van der Waals surface area contributed by atoms with Crippen LogP contribution in [0.15, 0.2) is 0 Å². The Hall–Kier alpha value is -0.610. The predicted molar refractivity (Wildman–Crippen MR) is 73.3 cm³/mol. The molecule has 1 saturated carbocycles. The molecule has 0 aliphatic heterocycles. The number of carbonyl (C=O) groups is 1. The maximum absolute atomic E-state index is 11.9. The third-order valence-corrected chi connectivity index (χ3v) is 4.04. The molecular weight excluding hydrogens is 228 g/mol. The van der Waals surface area contributed by atoms with Crippen LogP contribution in [-0.2, 0) is 9.53 Å². The molecule has 1 aliphatic carbocycles. The number of carbonyl (C=O) groups excluding carboxylic acids is 1. The van der Waals surface area contributed by atoms with Crippen molar-refractivity contribution in [2.24, 2.45) is 11.7 Å². The van der Waals surface area contributed by atoms with Crippen LogP contribution in [0.5, 0.6) is 0 Å². The Kier molecular flexibility index (Phi) is 6.65. The van der Waals surface area contributed by atoms with Crippen LogP contribution in [0.1, 0.15) is 51.9 Å². The first-order chi connectivity index (χ1) is 8.65. The van der Waals surface area contributed by atoms with Crippen molar-refractivity contribution in [3.8, 4) is 0 Å². The molecule has 4 heteroatoms. The van der Waals surface area contributed by atoms with Gasteiger partial charge in [-0.15, -0.1) is 0 Å². The highest BCUT2D eigenvalue weighted by Crippen LogP contribution is 2.37. The summed E-state index contributed by atoms with van der Waals surface area (Å²) in [6, 6.07) is 0.